The van der Waals surface area contributed by atoms with Crippen molar-refractivity contribution < 1.29 is 14.3 Å². The first-order valence-electron chi connectivity index (χ1n) is 8.46. The molecule has 0 N–H and O–H groups in total. The molecule has 1 aliphatic carbocycles. The van der Waals surface area contributed by atoms with Crippen LogP contribution < -0.4 is 9.47 Å². The van der Waals surface area contributed by atoms with Gasteiger partial charge in [0.25, 0.3) is 0 Å². The number of hydrogen-bond acceptors (Lipinski definition) is 4. The summed E-state index contributed by atoms with van der Waals surface area (Å²) in [4.78, 5) is 14.5. The maximum absolute atomic E-state index is 11.8. The maximum atomic E-state index is 11.8. The highest BCUT2D eigenvalue weighted by Crippen LogP contribution is 2.48. The van der Waals surface area contributed by atoms with Crippen molar-refractivity contribution in [1.29, 1.82) is 0 Å². The number of carbonyl (C=O) groups excluding carboxylic acids is 1. The fourth-order valence-electron chi connectivity index (χ4n) is 4.89. The highest BCUT2D eigenvalue weighted by Gasteiger charge is 2.41. The standard InChI is InChI=1S/C18H21NO3/c20-14-2-1-12-9-19-4-3-11-7-17-18(22-10-21-17)8-15(11)16(19)6-13(12)5-14/h7-8,12-13,16H,1-6,9-10H2/t12-,13+,16+/m1/s1. The Balaban J connectivity index is 1.49. The van der Waals surface area contributed by atoms with Crippen molar-refractivity contribution in [2.45, 2.75) is 38.1 Å². The Kier molecular flexibility index (Phi) is 2.78. The first kappa shape index (κ1) is 12.9. The van der Waals surface area contributed by atoms with Gasteiger partial charge in [0, 0.05) is 32.0 Å². The highest BCUT2D eigenvalue weighted by atomic mass is 16.7. The number of hydrogen-bond donors (Lipinski definition) is 0. The number of fused-ring (bicyclic) bond motifs is 5. The third-order valence-corrected chi connectivity index (χ3v) is 6.05. The van der Waals surface area contributed by atoms with Gasteiger partial charge in [-0.2, -0.15) is 0 Å². The lowest BCUT2D eigenvalue weighted by Gasteiger charge is -2.48. The molecule has 1 saturated heterocycles. The minimum atomic E-state index is 0.339. The summed E-state index contributed by atoms with van der Waals surface area (Å²) in [5.74, 6) is 3.57. The van der Waals surface area contributed by atoms with Crippen LogP contribution in [-0.4, -0.2) is 30.6 Å². The van der Waals surface area contributed by atoms with Crippen LogP contribution in [0.4, 0.5) is 0 Å². The molecule has 0 bridgehead atoms. The molecule has 116 valence electrons. The molecule has 22 heavy (non-hydrogen) atoms. The maximum Gasteiger partial charge on any atom is 0.231 e. The van der Waals surface area contributed by atoms with E-state index in [1.54, 1.807) is 0 Å². The van der Waals surface area contributed by atoms with Gasteiger partial charge in [0.2, 0.25) is 6.79 Å². The molecule has 4 heteroatoms. The lowest BCUT2D eigenvalue weighted by Crippen LogP contribution is -2.47. The Hall–Kier alpha value is -1.55. The van der Waals surface area contributed by atoms with Crippen LogP contribution in [-0.2, 0) is 11.2 Å². The molecule has 1 saturated carbocycles. The molecular formula is C18H21NO3. The van der Waals surface area contributed by atoms with Gasteiger partial charge in [-0.05, 0) is 54.4 Å². The first-order valence-corrected chi connectivity index (χ1v) is 8.46. The number of carbonyl (C=O) groups is 1. The van der Waals surface area contributed by atoms with Gasteiger partial charge in [0.1, 0.15) is 5.78 Å². The van der Waals surface area contributed by atoms with Gasteiger partial charge in [-0.3, -0.25) is 9.69 Å². The Morgan fingerprint density at radius 1 is 1.09 bits per heavy atom. The molecule has 0 amide bonds. The Bertz CT molecular complexity index is 641. The molecule has 0 radical (unpaired) electrons. The number of piperidine rings is 1. The molecule has 4 nitrogen and oxygen atoms in total. The Morgan fingerprint density at radius 3 is 2.86 bits per heavy atom. The van der Waals surface area contributed by atoms with E-state index in [-0.39, 0.29) is 0 Å². The van der Waals surface area contributed by atoms with Gasteiger partial charge < -0.3 is 9.47 Å². The molecule has 0 unspecified atom stereocenters. The summed E-state index contributed by atoms with van der Waals surface area (Å²) < 4.78 is 11.1. The average Bonchev–Trinajstić information content (AvgIpc) is 2.98. The van der Waals surface area contributed by atoms with E-state index in [1.807, 2.05) is 0 Å². The van der Waals surface area contributed by atoms with Crippen molar-refractivity contribution in [2.24, 2.45) is 11.8 Å². The van der Waals surface area contributed by atoms with E-state index in [2.05, 4.69) is 17.0 Å². The summed E-state index contributed by atoms with van der Waals surface area (Å²) in [5.41, 5.74) is 2.82. The number of Topliss-reactive ketones (excluding diaryl/α,β-unsaturated/α-hetero) is 1. The van der Waals surface area contributed by atoms with Gasteiger partial charge in [0.05, 0.1) is 0 Å². The molecule has 0 aromatic heterocycles. The normalized spacial score (nSPS) is 33.1. The number of ketones is 1. The van der Waals surface area contributed by atoms with Crippen molar-refractivity contribution in [3.8, 4) is 11.5 Å². The molecule has 3 heterocycles. The number of ether oxygens (including phenoxy) is 2. The first-order chi connectivity index (χ1) is 10.8. The van der Waals surface area contributed by atoms with E-state index in [9.17, 15) is 4.79 Å². The molecule has 3 atom stereocenters. The van der Waals surface area contributed by atoms with E-state index in [0.29, 0.717) is 24.5 Å². The van der Waals surface area contributed by atoms with Gasteiger partial charge >= 0.3 is 0 Å². The number of nitrogens with zero attached hydrogens (tertiary/aromatic N) is 1. The average molecular weight is 299 g/mol. The van der Waals surface area contributed by atoms with Gasteiger partial charge in [0.15, 0.2) is 11.5 Å². The van der Waals surface area contributed by atoms with E-state index in [4.69, 9.17) is 9.47 Å². The van der Waals surface area contributed by atoms with Crippen molar-refractivity contribution >= 4 is 5.78 Å². The molecule has 5 rings (SSSR count). The van der Waals surface area contributed by atoms with Gasteiger partial charge in [-0.25, -0.2) is 0 Å². The summed E-state index contributed by atoms with van der Waals surface area (Å²) in [7, 11) is 0. The van der Waals surface area contributed by atoms with Crippen LogP contribution in [0.2, 0.25) is 0 Å². The van der Waals surface area contributed by atoms with Crippen LogP contribution in [0, 0.1) is 11.8 Å². The molecule has 0 spiro atoms. The lowest BCUT2D eigenvalue weighted by molar-refractivity contribution is -0.124. The van der Waals surface area contributed by atoms with Crippen LogP contribution in [0.3, 0.4) is 0 Å². The summed E-state index contributed by atoms with van der Waals surface area (Å²) >= 11 is 0. The zero-order chi connectivity index (χ0) is 14.7. The van der Waals surface area contributed by atoms with Crippen molar-refractivity contribution in [1.82, 2.24) is 4.90 Å². The van der Waals surface area contributed by atoms with Crippen molar-refractivity contribution in [3.63, 3.8) is 0 Å². The monoisotopic (exact) mass is 299 g/mol. The fraction of sp³-hybridized carbons (Fsp3) is 0.611. The molecule has 2 fully saturated rings. The van der Waals surface area contributed by atoms with Crippen LogP contribution in [0.1, 0.15) is 42.9 Å². The van der Waals surface area contributed by atoms with Crippen LogP contribution >= 0.6 is 0 Å². The Labute approximate surface area is 130 Å². The van der Waals surface area contributed by atoms with Crippen LogP contribution in [0.25, 0.3) is 0 Å². The smallest absolute Gasteiger partial charge is 0.231 e. The van der Waals surface area contributed by atoms with Gasteiger partial charge in [-0.1, -0.05) is 0 Å². The van der Waals surface area contributed by atoms with E-state index < -0.39 is 0 Å². The summed E-state index contributed by atoms with van der Waals surface area (Å²) in [6.07, 6.45) is 4.92. The highest BCUT2D eigenvalue weighted by molar-refractivity contribution is 5.79. The molecule has 1 aromatic carbocycles. The zero-order valence-electron chi connectivity index (χ0n) is 12.7. The van der Waals surface area contributed by atoms with E-state index >= 15 is 0 Å². The molecule has 4 aliphatic rings. The second-order valence-electron chi connectivity index (χ2n) is 7.20. The Morgan fingerprint density at radius 2 is 1.95 bits per heavy atom. The second kappa shape index (κ2) is 4.72. The summed E-state index contributed by atoms with van der Waals surface area (Å²) in [5, 5.41) is 0. The number of benzene rings is 1. The predicted molar refractivity (Wildman–Crippen MR) is 81.0 cm³/mol. The molecule has 3 aliphatic heterocycles. The largest absolute Gasteiger partial charge is 0.454 e. The minimum absolute atomic E-state index is 0.339. The lowest BCUT2D eigenvalue weighted by atomic mass is 9.70. The van der Waals surface area contributed by atoms with Crippen LogP contribution in [0.5, 0.6) is 11.5 Å². The SMILES string of the molecule is O=C1CC[C@@H]2CN3CCc4cc5c(cc4[C@@H]3C[C@@H]2C1)OCO5. The quantitative estimate of drug-likeness (QED) is 0.738. The summed E-state index contributed by atoms with van der Waals surface area (Å²) in [6, 6.07) is 4.83. The molecular weight excluding hydrogens is 278 g/mol. The van der Waals surface area contributed by atoms with Crippen LogP contribution in [0.15, 0.2) is 12.1 Å². The second-order valence-corrected chi connectivity index (χ2v) is 7.20. The van der Waals surface area contributed by atoms with Crippen molar-refractivity contribution in [2.75, 3.05) is 19.9 Å². The van der Waals surface area contributed by atoms with Crippen molar-refractivity contribution in [3.05, 3.63) is 23.3 Å². The predicted octanol–water partition coefficient (Wildman–Crippen LogP) is 2.70. The third-order valence-electron chi connectivity index (χ3n) is 6.05. The van der Waals surface area contributed by atoms with E-state index in [1.165, 1.54) is 11.1 Å². The van der Waals surface area contributed by atoms with E-state index in [0.717, 1.165) is 62.6 Å². The van der Waals surface area contributed by atoms with Gasteiger partial charge in [-0.15, -0.1) is 0 Å². The topological polar surface area (TPSA) is 38.8 Å². The third kappa shape index (κ3) is 1.89. The fourth-order valence-corrected chi connectivity index (χ4v) is 4.89. The zero-order valence-corrected chi connectivity index (χ0v) is 12.7. The summed E-state index contributed by atoms with van der Waals surface area (Å²) in [6.45, 7) is 2.64. The molecule has 1 aromatic rings. The number of rotatable bonds is 0. The minimum Gasteiger partial charge on any atom is -0.454 e.